The molecule has 1 aliphatic rings. The van der Waals surface area contributed by atoms with Gasteiger partial charge in [0.25, 0.3) is 0 Å². The molecule has 1 aliphatic heterocycles. The summed E-state index contributed by atoms with van der Waals surface area (Å²) in [5.41, 5.74) is 0. The summed E-state index contributed by atoms with van der Waals surface area (Å²) >= 11 is 2.02. The molecular weight excluding hydrogens is 244 g/mol. The van der Waals surface area contributed by atoms with Crippen LogP contribution in [0.15, 0.2) is 0 Å². The maximum Gasteiger partial charge on any atom is 0.219 e. The van der Waals surface area contributed by atoms with E-state index in [1.165, 1.54) is 5.75 Å². The highest BCUT2D eigenvalue weighted by Gasteiger charge is 2.24. The van der Waals surface area contributed by atoms with E-state index in [0.29, 0.717) is 10.7 Å². The molecule has 4 heteroatoms. The Bertz CT molecular complexity index is 275. The van der Waals surface area contributed by atoms with Crippen molar-refractivity contribution >= 4 is 17.7 Å². The lowest BCUT2D eigenvalue weighted by atomic mass is 10.1. The fourth-order valence-electron chi connectivity index (χ4n) is 2.31. The van der Waals surface area contributed by atoms with Crippen LogP contribution in [0.5, 0.6) is 0 Å². The van der Waals surface area contributed by atoms with E-state index in [1.54, 1.807) is 6.92 Å². The second kappa shape index (κ2) is 6.80. The predicted molar refractivity (Wildman–Crippen MR) is 80.1 cm³/mol. The molecule has 0 aromatic rings. The predicted octanol–water partition coefficient (Wildman–Crippen LogP) is 2.32. The number of carbonyl (C=O) groups is 1. The second-order valence-corrected chi connectivity index (χ2v) is 8.26. The minimum absolute atomic E-state index is 0.225. The molecule has 0 spiro atoms. The summed E-state index contributed by atoms with van der Waals surface area (Å²) in [7, 11) is 2.19. The van der Waals surface area contributed by atoms with Gasteiger partial charge in [0.2, 0.25) is 5.91 Å². The third-order valence-electron chi connectivity index (χ3n) is 3.31. The van der Waals surface area contributed by atoms with Crippen molar-refractivity contribution < 1.29 is 4.79 Å². The highest BCUT2D eigenvalue weighted by atomic mass is 32.2. The number of carbonyl (C=O) groups excluding carboxylic acids is 1. The van der Waals surface area contributed by atoms with Crippen LogP contribution in [0.1, 0.15) is 34.1 Å². The largest absolute Gasteiger partial charge is 0.343 e. The Morgan fingerprint density at radius 2 is 2.11 bits per heavy atom. The Balaban J connectivity index is 2.17. The fraction of sp³-hybridized carbons (Fsp3) is 0.929. The van der Waals surface area contributed by atoms with E-state index in [-0.39, 0.29) is 5.91 Å². The minimum Gasteiger partial charge on any atom is -0.343 e. The van der Waals surface area contributed by atoms with Gasteiger partial charge in [0, 0.05) is 43.6 Å². The van der Waals surface area contributed by atoms with Gasteiger partial charge in [0.1, 0.15) is 0 Å². The van der Waals surface area contributed by atoms with Crippen molar-refractivity contribution in [1.29, 1.82) is 0 Å². The van der Waals surface area contributed by atoms with E-state index in [2.05, 4.69) is 32.7 Å². The van der Waals surface area contributed by atoms with Gasteiger partial charge in [-0.15, -0.1) is 0 Å². The molecule has 18 heavy (non-hydrogen) atoms. The zero-order chi connectivity index (χ0) is 13.8. The molecule has 0 bridgehead atoms. The maximum atomic E-state index is 11.3. The molecule has 1 atom stereocenters. The average molecular weight is 272 g/mol. The third kappa shape index (κ3) is 6.10. The molecule has 3 nitrogen and oxygen atoms in total. The van der Waals surface area contributed by atoms with Crippen molar-refractivity contribution in [3.8, 4) is 0 Å². The van der Waals surface area contributed by atoms with Crippen LogP contribution < -0.4 is 0 Å². The smallest absolute Gasteiger partial charge is 0.219 e. The standard InChI is InChI=1S/C14H28N2OS/c1-12(17)16-7-6-13(11-16)10-15(5)8-9-18-14(2,3)4/h13H,6-11H2,1-5H3. The number of thioether (sulfide) groups is 1. The summed E-state index contributed by atoms with van der Waals surface area (Å²) in [6.07, 6.45) is 1.16. The van der Waals surface area contributed by atoms with Gasteiger partial charge in [-0.2, -0.15) is 11.8 Å². The van der Waals surface area contributed by atoms with E-state index in [0.717, 1.165) is 32.6 Å². The Morgan fingerprint density at radius 3 is 2.61 bits per heavy atom. The molecule has 0 radical (unpaired) electrons. The Kier molecular flexibility index (Phi) is 5.99. The van der Waals surface area contributed by atoms with E-state index in [9.17, 15) is 4.79 Å². The molecule has 1 heterocycles. The lowest BCUT2D eigenvalue weighted by Gasteiger charge is -2.23. The van der Waals surface area contributed by atoms with Crippen LogP contribution in [0.2, 0.25) is 0 Å². The zero-order valence-electron chi connectivity index (χ0n) is 12.5. The topological polar surface area (TPSA) is 23.6 Å². The summed E-state index contributed by atoms with van der Waals surface area (Å²) in [5.74, 6) is 2.07. The quantitative estimate of drug-likeness (QED) is 0.767. The number of hydrogen-bond acceptors (Lipinski definition) is 3. The van der Waals surface area contributed by atoms with Crippen molar-refractivity contribution in [3.05, 3.63) is 0 Å². The first-order valence-corrected chi connectivity index (χ1v) is 7.84. The zero-order valence-corrected chi connectivity index (χ0v) is 13.3. The van der Waals surface area contributed by atoms with E-state index >= 15 is 0 Å². The van der Waals surface area contributed by atoms with Gasteiger partial charge in [-0.1, -0.05) is 20.8 Å². The van der Waals surface area contributed by atoms with Gasteiger partial charge in [0.15, 0.2) is 0 Å². The molecule has 1 rings (SSSR count). The molecule has 0 aromatic heterocycles. The van der Waals surface area contributed by atoms with Crippen LogP contribution >= 0.6 is 11.8 Å². The summed E-state index contributed by atoms with van der Waals surface area (Å²) in [6, 6.07) is 0. The van der Waals surface area contributed by atoms with Crippen LogP contribution in [0, 0.1) is 5.92 Å². The first-order chi connectivity index (χ1) is 8.28. The number of hydrogen-bond donors (Lipinski definition) is 0. The number of amides is 1. The van der Waals surface area contributed by atoms with Gasteiger partial charge in [-0.05, 0) is 19.4 Å². The van der Waals surface area contributed by atoms with Crippen molar-refractivity contribution in [2.24, 2.45) is 5.92 Å². The second-order valence-electron chi connectivity index (χ2n) is 6.34. The maximum absolute atomic E-state index is 11.3. The molecular formula is C14H28N2OS. The molecule has 1 amide bonds. The van der Waals surface area contributed by atoms with Gasteiger partial charge >= 0.3 is 0 Å². The minimum atomic E-state index is 0.225. The normalized spacial score (nSPS) is 20.8. The van der Waals surface area contributed by atoms with Gasteiger partial charge in [-0.25, -0.2) is 0 Å². The molecule has 0 aromatic carbocycles. The first kappa shape index (κ1) is 15.8. The van der Waals surface area contributed by atoms with E-state index in [4.69, 9.17) is 0 Å². The lowest BCUT2D eigenvalue weighted by Crippen LogP contribution is -2.31. The van der Waals surface area contributed by atoms with Crippen LogP contribution in [-0.4, -0.2) is 59.4 Å². The molecule has 1 saturated heterocycles. The van der Waals surface area contributed by atoms with Crippen LogP contribution in [-0.2, 0) is 4.79 Å². The average Bonchev–Trinajstić information content (AvgIpc) is 2.64. The van der Waals surface area contributed by atoms with Crippen LogP contribution in [0.4, 0.5) is 0 Å². The Labute approximate surface area is 116 Å². The lowest BCUT2D eigenvalue weighted by molar-refractivity contribution is -0.127. The van der Waals surface area contributed by atoms with E-state index < -0.39 is 0 Å². The van der Waals surface area contributed by atoms with Gasteiger partial charge < -0.3 is 9.80 Å². The third-order valence-corrected chi connectivity index (χ3v) is 4.56. The molecule has 1 unspecified atom stereocenters. The first-order valence-electron chi connectivity index (χ1n) is 6.86. The van der Waals surface area contributed by atoms with Crippen LogP contribution in [0.3, 0.4) is 0 Å². The summed E-state index contributed by atoms with van der Waals surface area (Å²) in [4.78, 5) is 15.7. The van der Waals surface area contributed by atoms with Crippen LogP contribution in [0.25, 0.3) is 0 Å². The Hall–Kier alpha value is -0.220. The molecule has 1 fully saturated rings. The summed E-state index contributed by atoms with van der Waals surface area (Å²) in [6.45, 7) is 12.6. The van der Waals surface area contributed by atoms with Crippen molar-refractivity contribution in [3.63, 3.8) is 0 Å². The Morgan fingerprint density at radius 1 is 1.44 bits per heavy atom. The van der Waals surface area contributed by atoms with Crippen molar-refractivity contribution in [2.75, 3.05) is 39.0 Å². The monoisotopic (exact) mass is 272 g/mol. The SMILES string of the molecule is CC(=O)N1CCC(CN(C)CCSC(C)(C)C)C1. The number of rotatable bonds is 5. The van der Waals surface area contributed by atoms with Gasteiger partial charge in [-0.3, -0.25) is 4.79 Å². The summed E-state index contributed by atoms with van der Waals surface area (Å²) < 4.78 is 0.361. The van der Waals surface area contributed by atoms with Gasteiger partial charge in [0.05, 0.1) is 0 Å². The molecule has 106 valence electrons. The van der Waals surface area contributed by atoms with Crippen molar-refractivity contribution in [1.82, 2.24) is 9.80 Å². The number of likely N-dealkylation sites (tertiary alicyclic amines) is 1. The molecule has 0 saturated carbocycles. The highest BCUT2D eigenvalue weighted by molar-refractivity contribution is 8.00. The fourth-order valence-corrected chi connectivity index (χ4v) is 3.32. The van der Waals surface area contributed by atoms with E-state index in [1.807, 2.05) is 16.7 Å². The highest BCUT2D eigenvalue weighted by Crippen LogP contribution is 2.23. The molecule has 0 N–H and O–H groups in total. The molecule has 0 aliphatic carbocycles. The number of nitrogens with zero attached hydrogens (tertiary/aromatic N) is 2. The summed E-state index contributed by atoms with van der Waals surface area (Å²) in [5, 5.41) is 0. The van der Waals surface area contributed by atoms with Crippen molar-refractivity contribution in [2.45, 2.75) is 38.9 Å².